The largest absolute Gasteiger partial charge is 0.380 e. The van der Waals surface area contributed by atoms with Crippen LogP contribution >= 0.6 is 0 Å². The molecular weight excluding hydrogens is 212 g/mol. The van der Waals surface area contributed by atoms with Crippen molar-refractivity contribution < 1.29 is 8.42 Å². The van der Waals surface area contributed by atoms with Gasteiger partial charge >= 0.3 is 0 Å². The standard InChI is InChI=1S/C10H14N2O2S/c1-8-10(3-2-5-11-8)12-9-4-6-15(13,14)7-9/h2-3,5,9,12H,4,6-7H2,1H3. The Morgan fingerprint density at radius 2 is 2.33 bits per heavy atom. The summed E-state index contributed by atoms with van der Waals surface area (Å²) in [5, 5.41) is 3.22. The molecule has 82 valence electrons. The van der Waals surface area contributed by atoms with Crippen LogP contribution in [0.25, 0.3) is 0 Å². The molecule has 1 aromatic heterocycles. The molecule has 1 N–H and O–H groups in total. The van der Waals surface area contributed by atoms with Crippen LogP contribution in [0.1, 0.15) is 12.1 Å². The van der Waals surface area contributed by atoms with Gasteiger partial charge in [0.25, 0.3) is 0 Å². The number of pyridine rings is 1. The van der Waals surface area contributed by atoms with Gasteiger partial charge in [0, 0.05) is 12.2 Å². The van der Waals surface area contributed by atoms with Gasteiger partial charge in [-0.1, -0.05) is 0 Å². The van der Waals surface area contributed by atoms with Crippen molar-refractivity contribution in [2.75, 3.05) is 16.8 Å². The van der Waals surface area contributed by atoms with Crippen molar-refractivity contribution in [3.05, 3.63) is 24.0 Å². The Morgan fingerprint density at radius 1 is 1.53 bits per heavy atom. The van der Waals surface area contributed by atoms with E-state index in [4.69, 9.17) is 0 Å². The summed E-state index contributed by atoms with van der Waals surface area (Å²) in [4.78, 5) is 4.15. The normalized spacial score (nSPS) is 23.9. The third-order valence-electron chi connectivity index (χ3n) is 2.60. The maximum Gasteiger partial charge on any atom is 0.152 e. The van der Waals surface area contributed by atoms with Gasteiger partial charge in [-0.15, -0.1) is 0 Å². The average Bonchev–Trinajstić information content (AvgIpc) is 2.50. The maximum absolute atomic E-state index is 11.3. The van der Waals surface area contributed by atoms with Gasteiger partial charge in [-0.05, 0) is 25.5 Å². The lowest BCUT2D eigenvalue weighted by Crippen LogP contribution is -2.21. The highest BCUT2D eigenvalue weighted by molar-refractivity contribution is 7.91. The minimum absolute atomic E-state index is 0.0397. The van der Waals surface area contributed by atoms with Gasteiger partial charge in [-0.25, -0.2) is 8.42 Å². The highest BCUT2D eigenvalue weighted by atomic mass is 32.2. The van der Waals surface area contributed by atoms with E-state index in [1.807, 2.05) is 19.1 Å². The molecule has 15 heavy (non-hydrogen) atoms. The Bertz CT molecular complexity index is 456. The molecule has 0 aromatic carbocycles. The number of nitrogens with one attached hydrogen (secondary N) is 1. The van der Waals surface area contributed by atoms with Crippen LogP contribution in [0.5, 0.6) is 0 Å². The van der Waals surface area contributed by atoms with Crippen LogP contribution in [0.15, 0.2) is 18.3 Å². The van der Waals surface area contributed by atoms with E-state index >= 15 is 0 Å². The molecule has 1 atom stereocenters. The molecule has 0 bridgehead atoms. The molecule has 0 radical (unpaired) electrons. The molecule has 4 nitrogen and oxygen atoms in total. The van der Waals surface area contributed by atoms with Crippen molar-refractivity contribution in [2.24, 2.45) is 0 Å². The van der Waals surface area contributed by atoms with E-state index in [1.165, 1.54) is 0 Å². The van der Waals surface area contributed by atoms with Gasteiger partial charge in [0.05, 0.1) is 22.9 Å². The fraction of sp³-hybridized carbons (Fsp3) is 0.500. The average molecular weight is 226 g/mol. The summed E-state index contributed by atoms with van der Waals surface area (Å²) in [5.74, 6) is 0.533. The lowest BCUT2D eigenvalue weighted by atomic mass is 10.2. The zero-order valence-electron chi connectivity index (χ0n) is 8.60. The van der Waals surface area contributed by atoms with E-state index in [9.17, 15) is 8.42 Å². The van der Waals surface area contributed by atoms with Gasteiger partial charge < -0.3 is 5.32 Å². The third-order valence-corrected chi connectivity index (χ3v) is 4.37. The van der Waals surface area contributed by atoms with Crippen LogP contribution in [0, 0.1) is 6.92 Å². The second-order valence-corrected chi connectivity index (χ2v) is 6.11. The smallest absolute Gasteiger partial charge is 0.152 e. The van der Waals surface area contributed by atoms with E-state index in [1.54, 1.807) is 6.20 Å². The number of aromatic nitrogens is 1. The first-order chi connectivity index (χ1) is 7.07. The van der Waals surface area contributed by atoms with Gasteiger partial charge in [0.1, 0.15) is 0 Å². The minimum atomic E-state index is -2.81. The first-order valence-corrected chi connectivity index (χ1v) is 6.77. The monoisotopic (exact) mass is 226 g/mol. The van der Waals surface area contributed by atoms with E-state index in [0.29, 0.717) is 12.2 Å². The fourth-order valence-electron chi connectivity index (χ4n) is 1.77. The van der Waals surface area contributed by atoms with Crippen LogP contribution in [-0.4, -0.2) is 30.9 Å². The number of nitrogens with zero attached hydrogens (tertiary/aromatic N) is 1. The SMILES string of the molecule is Cc1ncccc1NC1CCS(=O)(=O)C1. The molecule has 0 aliphatic carbocycles. The highest BCUT2D eigenvalue weighted by Gasteiger charge is 2.27. The molecule has 0 amide bonds. The zero-order valence-corrected chi connectivity index (χ0v) is 9.42. The lowest BCUT2D eigenvalue weighted by molar-refractivity contribution is 0.602. The van der Waals surface area contributed by atoms with Crippen molar-refractivity contribution in [1.29, 1.82) is 0 Å². The van der Waals surface area contributed by atoms with Crippen molar-refractivity contribution in [3.63, 3.8) is 0 Å². The highest BCUT2D eigenvalue weighted by Crippen LogP contribution is 2.18. The fourth-order valence-corrected chi connectivity index (χ4v) is 3.44. The molecule has 1 aliphatic heterocycles. The number of hydrogen-bond acceptors (Lipinski definition) is 4. The Labute approximate surface area is 89.6 Å². The number of sulfone groups is 1. The van der Waals surface area contributed by atoms with Crippen molar-refractivity contribution in [1.82, 2.24) is 4.98 Å². The topological polar surface area (TPSA) is 59.1 Å². The van der Waals surface area contributed by atoms with Crippen molar-refractivity contribution in [3.8, 4) is 0 Å². The van der Waals surface area contributed by atoms with Crippen LogP contribution in [0.4, 0.5) is 5.69 Å². The van der Waals surface area contributed by atoms with Gasteiger partial charge in [0.15, 0.2) is 9.84 Å². The summed E-state index contributed by atoms with van der Waals surface area (Å²) in [6.07, 6.45) is 2.42. The van der Waals surface area contributed by atoms with Crippen LogP contribution in [-0.2, 0) is 9.84 Å². The molecule has 0 saturated carbocycles. The quantitative estimate of drug-likeness (QED) is 0.817. The van der Waals surface area contributed by atoms with Crippen molar-refractivity contribution in [2.45, 2.75) is 19.4 Å². The number of rotatable bonds is 2. The van der Waals surface area contributed by atoms with Gasteiger partial charge in [-0.2, -0.15) is 0 Å². The second-order valence-electron chi connectivity index (χ2n) is 3.88. The lowest BCUT2D eigenvalue weighted by Gasteiger charge is -2.13. The molecular formula is C10H14N2O2S. The first kappa shape index (κ1) is 10.4. The molecule has 1 fully saturated rings. The Balaban J connectivity index is 2.08. The third kappa shape index (κ3) is 2.47. The van der Waals surface area contributed by atoms with Crippen LogP contribution in [0.2, 0.25) is 0 Å². The number of aryl methyl sites for hydroxylation is 1. The summed E-state index contributed by atoms with van der Waals surface area (Å²) in [5.41, 5.74) is 1.83. The summed E-state index contributed by atoms with van der Waals surface area (Å²) in [6, 6.07) is 3.81. The Morgan fingerprint density at radius 3 is 2.93 bits per heavy atom. The van der Waals surface area contributed by atoms with Crippen LogP contribution < -0.4 is 5.32 Å². The molecule has 0 spiro atoms. The first-order valence-electron chi connectivity index (χ1n) is 4.95. The Hall–Kier alpha value is -1.10. The molecule has 1 unspecified atom stereocenters. The molecule has 1 saturated heterocycles. The number of hydrogen-bond donors (Lipinski definition) is 1. The molecule has 1 aliphatic rings. The molecule has 2 rings (SSSR count). The van der Waals surface area contributed by atoms with Gasteiger partial charge in [0.2, 0.25) is 0 Å². The zero-order chi connectivity index (χ0) is 10.9. The molecule has 1 aromatic rings. The summed E-state index contributed by atoms with van der Waals surface area (Å²) < 4.78 is 22.5. The predicted molar refractivity (Wildman–Crippen MR) is 59.7 cm³/mol. The summed E-state index contributed by atoms with van der Waals surface area (Å²) in [7, 11) is -2.81. The van der Waals surface area contributed by atoms with E-state index < -0.39 is 9.84 Å². The van der Waals surface area contributed by atoms with E-state index in [0.717, 1.165) is 11.4 Å². The van der Waals surface area contributed by atoms with Gasteiger partial charge in [-0.3, -0.25) is 4.98 Å². The Kier molecular flexibility index (Phi) is 2.65. The molecule has 5 heteroatoms. The van der Waals surface area contributed by atoms with E-state index in [-0.39, 0.29) is 11.8 Å². The maximum atomic E-state index is 11.3. The van der Waals surface area contributed by atoms with Crippen LogP contribution in [0.3, 0.4) is 0 Å². The summed E-state index contributed by atoms with van der Waals surface area (Å²) in [6.45, 7) is 1.91. The van der Waals surface area contributed by atoms with E-state index in [2.05, 4.69) is 10.3 Å². The predicted octanol–water partition coefficient (Wildman–Crippen LogP) is 0.989. The molecule has 2 heterocycles. The summed E-state index contributed by atoms with van der Waals surface area (Å²) >= 11 is 0. The minimum Gasteiger partial charge on any atom is -0.380 e. The number of anilines is 1. The second kappa shape index (κ2) is 3.81. The van der Waals surface area contributed by atoms with Crippen molar-refractivity contribution >= 4 is 15.5 Å².